The van der Waals surface area contributed by atoms with E-state index >= 15 is 0 Å². The lowest BCUT2D eigenvalue weighted by atomic mass is 10.2. The van der Waals surface area contributed by atoms with Crippen molar-refractivity contribution in [2.75, 3.05) is 6.54 Å². The summed E-state index contributed by atoms with van der Waals surface area (Å²) in [6.45, 7) is 1.37. The summed E-state index contributed by atoms with van der Waals surface area (Å²) < 4.78 is 0. The summed E-state index contributed by atoms with van der Waals surface area (Å²) >= 11 is 0. The van der Waals surface area contributed by atoms with Crippen LogP contribution in [0.15, 0.2) is 30.5 Å². The second kappa shape index (κ2) is 5.32. The first kappa shape index (κ1) is 12.0. The number of aromatic nitrogens is 2. The third-order valence-electron chi connectivity index (χ3n) is 3.34. The molecule has 0 aliphatic carbocycles. The van der Waals surface area contributed by atoms with E-state index in [9.17, 15) is 4.79 Å². The molecule has 3 heterocycles. The Morgan fingerprint density at radius 2 is 2.37 bits per heavy atom. The fraction of sp³-hybridized carbons (Fsp3) is 0.357. The molecule has 1 aliphatic rings. The SMILES string of the molecule is O=C(NCc1ccc2cccnc2n1)[C@@H]1CCCN1. The molecule has 0 saturated carbocycles. The summed E-state index contributed by atoms with van der Waals surface area (Å²) in [6, 6.07) is 7.72. The number of amides is 1. The highest BCUT2D eigenvalue weighted by atomic mass is 16.2. The van der Waals surface area contributed by atoms with Crippen LogP contribution in [0.4, 0.5) is 0 Å². The molecule has 3 rings (SSSR count). The van der Waals surface area contributed by atoms with Crippen LogP contribution in [0.2, 0.25) is 0 Å². The van der Waals surface area contributed by atoms with Crippen LogP contribution in [0, 0.1) is 0 Å². The van der Waals surface area contributed by atoms with E-state index in [-0.39, 0.29) is 11.9 Å². The minimum atomic E-state index is -0.0430. The van der Waals surface area contributed by atoms with Crippen LogP contribution >= 0.6 is 0 Å². The lowest BCUT2D eigenvalue weighted by Gasteiger charge is -2.10. The Kier molecular flexibility index (Phi) is 3.37. The summed E-state index contributed by atoms with van der Waals surface area (Å²) in [5.74, 6) is 0.0559. The van der Waals surface area contributed by atoms with Gasteiger partial charge in [0.25, 0.3) is 0 Å². The van der Waals surface area contributed by atoms with Gasteiger partial charge in [0, 0.05) is 11.6 Å². The lowest BCUT2D eigenvalue weighted by Crippen LogP contribution is -2.40. The van der Waals surface area contributed by atoms with E-state index in [0.717, 1.165) is 30.5 Å². The molecule has 1 aliphatic heterocycles. The Labute approximate surface area is 111 Å². The van der Waals surface area contributed by atoms with Crippen LogP contribution < -0.4 is 10.6 Å². The van der Waals surface area contributed by atoms with Gasteiger partial charge in [0.2, 0.25) is 5.91 Å². The highest BCUT2D eigenvalue weighted by Crippen LogP contribution is 2.09. The molecule has 2 aromatic heterocycles. The monoisotopic (exact) mass is 256 g/mol. The molecular formula is C14H16N4O. The van der Waals surface area contributed by atoms with E-state index < -0.39 is 0 Å². The van der Waals surface area contributed by atoms with Gasteiger partial charge < -0.3 is 10.6 Å². The van der Waals surface area contributed by atoms with Crippen LogP contribution in [0.3, 0.4) is 0 Å². The second-order valence-electron chi connectivity index (χ2n) is 4.72. The topological polar surface area (TPSA) is 66.9 Å². The molecule has 2 N–H and O–H groups in total. The Morgan fingerprint density at radius 1 is 1.42 bits per heavy atom. The predicted octanol–water partition coefficient (Wildman–Crippen LogP) is 0.998. The van der Waals surface area contributed by atoms with Crippen LogP contribution in [-0.4, -0.2) is 28.5 Å². The molecule has 0 bridgehead atoms. The zero-order valence-electron chi connectivity index (χ0n) is 10.6. The number of nitrogens with zero attached hydrogens (tertiary/aromatic N) is 2. The summed E-state index contributed by atoms with van der Waals surface area (Å²) in [5, 5.41) is 7.10. The highest BCUT2D eigenvalue weighted by Gasteiger charge is 2.21. The van der Waals surface area contributed by atoms with Gasteiger partial charge in [-0.3, -0.25) is 4.79 Å². The molecular weight excluding hydrogens is 240 g/mol. The van der Waals surface area contributed by atoms with Crippen molar-refractivity contribution in [2.45, 2.75) is 25.4 Å². The zero-order chi connectivity index (χ0) is 13.1. The number of carbonyl (C=O) groups excluding carboxylic acids is 1. The first-order valence-electron chi connectivity index (χ1n) is 6.55. The minimum Gasteiger partial charge on any atom is -0.349 e. The molecule has 19 heavy (non-hydrogen) atoms. The first-order chi connectivity index (χ1) is 9.33. The molecule has 0 unspecified atom stereocenters. The Balaban J connectivity index is 1.66. The average Bonchev–Trinajstić information content (AvgIpc) is 2.99. The van der Waals surface area contributed by atoms with E-state index in [1.54, 1.807) is 6.20 Å². The van der Waals surface area contributed by atoms with Crippen molar-refractivity contribution >= 4 is 16.9 Å². The molecule has 0 radical (unpaired) electrons. The van der Waals surface area contributed by atoms with Gasteiger partial charge in [0.1, 0.15) is 0 Å². The quantitative estimate of drug-likeness (QED) is 0.859. The number of rotatable bonds is 3. The minimum absolute atomic E-state index is 0.0430. The van der Waals surface area contributed by atoms with E-state index in [4.69, 9.17) is 0 Å². The number of pyridine rings is 2. The molecule has 5 nitrogen and oxygen atoms in total. The number of hydrogen-bond acceptors (Lipinski definition) is 4. The maximum atomic E-state index is 11.9. The van der Waals surface area contributed by atoms with Crippen molar-refractivity contribution in [3.8, 4) is 0 Å². The fourth-order valence-corrected chi connectivity index (χ4v) is 2.30. The predicted molar refractivity (Wildman–Crippen MR) is 72.4 cm³/mol. The maximum absolute atomic E-state index is 11.9. The maximum Gasteiger partial charge on any atom is 0.237 e. The summed E-state index contributed by atoms with van der Waals surface area (Å²) in [7, 11) is 0. The second-order valence-corrected chi connectivity index (χ2v) is 4.72. The molecule has 0 spiro atoms. The van der Waals surface area contributed by atoms with Crippen LogP contribution in [-0.2, 0) is 11.3 Å². The van der Waals surface area contributed by atoms with Crippen molar-refractivity contribution < 1.29 is 4.79 Å². The van der Waals surface area contributed by atoms with Crippen molar-refractivity contribution in [1.29, 1.82) is 0 Å². The van der Waals surface area contributed by atoms with Crippen LogP contribution in [0.5, 0.6) is 0 Å². The number of hydrogen-bond donors (Lipinski definition) is 2. The Bertz CT molecular complexity index is 593. The highest BCUT2D eigenvalue weighted by molar-refractivity contribution is 5.82. The third kappa shape index (κ3) is 2.71. The van der Waals surface area contributed by atoms with Gasteiger partial charge in [-0.05, 0) is 43.7 Å². The molecule has 1 amide bonds. The number of nitrogens with one attached hydrogen (secondary N) is 2. The van der Waals surface area contributed by atoms with Gasteiger partial charge in [-0.25, -0.2) is 9.97 Å². The molecule has 0 aromatic carbocycles. The van der Waals surface area contributed by atoms with Gasteiger partial charge in [-0.15, -0.1) is 0 Å². The lowest BCUT2D eigenvalue weighted by molar-refractivity contribution is -0.122. The van der Waals surface area contributed by atoms with Crippen molar-refractivity contribution in [3.63, 3.8) is 0 Å². The van der Waals surface area contributed by atoms with Crippen LogP contribution in [0.1, 0.15) is 18.5 Å². The van der Waals surface area contributed by atoms with Crippen molar-refractivity contribution in [3.05, 3.63) is 36.2 Å². The third-order valence-corrected chi connectivity index (χ3v) is 3.34. The Morgan fingerprint density at radius 3 is 3.21 bits per heavy atom. The van der Waals surface area contributed by atoms with E-state index in [1.807, 2.05) is 24.3 Å². The first-order valence-corrected chi connectivity index (χ1v) is 6.55. The Hall–Kier alpha value is -2.01. The summed E-state index contributed by atoms with van der Waals surface area (Å²) in [6.07, 6.45) is 3.70. The van der Waals surface area contributed by atoms with E-state index in [1.165, 1.54) is 0 Å². The van der Waals surface area contributed by atoms with Gasteiger partial charge in [-0.1, -0.05) is 0 Å². The van der Waals surface area contributed by atoms with Crippen molar-refractivity contribution in [1.82, 2.24) is 20.6 Å². The normalized spacial score (nSPS) is 18.6. The molecule has 1 atom stereocenters. The van der Waals surface area contributed by atoms with Gasteiger partial charge in [0.05, 0.1) is 18.3 Å². The average molecular weight is 256 g/mol. The van der Waals surface area contributed by atoms with Gasteiger partial charge >= 0.3 is 0 Å². The molecule has 1 fully saturated rings. The van der Waals surface area contributed by atoms with E-state index in [2.05, 4.69) is 20.6 Å². The molecule has 2 aromatic rings. The van der Waals surface area contributed by atoms with Gasteiger partial charge in [-0.2, -0.15) is 0 Å². The van der Waals surface area contributed by atoms with Crippen molar-refractivity contribution in [2.24, 2.45) is 0 Å². The largest absolute Gasteiger partial charge is 0.349 e. The van der Waals surface area contributed by atoms with Gasteiger partial charge in [0.15, 0.2) is 5.65 Å². The number of carbonyl (C=O) groups is 1. The smallest absolute Gasteiger partial charge is 0.237 e. The molecule has 1 saturated heterocycles. The summed E-state index contributed by atoms with van der Waals surface area (Å²) in [5.41, 5.74) is 1.55. The molecule has 98 valence electrons. The van der Waals surface area contributed by atoms with Crippen LogP contribution in [0.25, 0.3) is 11.0 Å². The fourth-order valence-electron chi connectivity index (χ4n) is 2.30. The molecule has 5 heteroatoms. The number of fused-ring (bicyclic) bond motifs is 1. The van der Waals surface area contributed by atoms with E-state index in [0.29, 0.717) is 12.2 Å². The zero-order valence-corrected chi connectivity index (χ0v) is 10.6. The standard InChI is InChI=1S/C14H16N4O/c19-14(12-4-2-7-15-12)17-9-11-6-5-10-3-1-8-16-13(10)18-11/h1,3,5-6,8,12,15H,2,4,7,9H2,(H,17,19)/t12-/m0/s1. The summed E-state index contributed by atoms with van der Waals surface area (Å²) in [4.78, 5) is 20.5.